The van der Waals surface area contributed by atoms with Gasteiger partial charge in [0.25, 0.3) is 5.91 Å². The van der Waals surface area contributed by atoms with E-state index in [2.05, 4.69) is 20.1 Å². The van der Waals surface area contributed by atoms with Gasteiger partial charge < -0.3 is 9.88 Å². The lowest BCUT2D eigenvalue weighted by Crippen LogP contribution is -2.42. The number of nitrogens with one attached hydrogen (secondary N) is 1. The molecule has 4 aromatic rings. The molecule has 0 aliphatic carbocycles. The molecule has 1 atom stereocenters. The van der Waals surface area contributed by atoms with E-state index in [9.17, 15) is 4.79 Å². The molecule has 0 unspecified atom stereocenters. The number of carbonyl (C=O) groups is 1. The second-order valence-electron chi connectivity index (χ2n) is 7.08. The third kappa shape index (κ3) is 3.07. The van der Waals surface area contributed by atoms with E-state index in [1.54, 1.807) is 46.4 Å². The maximum atomic E-state index is 13.4. The molecule has 1 aliphatic rings. The van der Waals surface area contributed by atoms with Crippen molar-refractivity contribution in [3.8, 4) is 22.8 Å². The molecule has 9 heteroatoms. The van der Waals surface area contributed by atoms with E-state index < -0.39 is 0 Å². The Bertz CT molecular complexity index is 1250. The van der Waals surface area contributed by atoms with Crippen molar-refractivity contribution in [2.45, 2.75) is 13.0 Å². The van der Waals surface area contributed by atoms with E-state index in [-0.39, 0.29) is 11.9 Å². The summed E-state index contributed by atoms with van der Waals surface area (Å²) in [5.74, 6) is 0.469. The first-order valence-corrected chi connectivity index (χ1v) is 10.1. The maximum absolute atomic E-state index is 13.4. The zero-order valence-corrected chi connectivity index (χ0v) is 17.4. The number of H-pyrrole nitrogens is 1. The topological polar surface area (TPSA) is 79.7 Å². The second kappa shape index (κ2) is 7.27. The summed E-state index contributed by atoms with van der Waals surface area (Å²) in [6.07, 6.45) is 5.09. The predicted molar refractivity (Wildman–Crippen MR) is 116 cm³/mol. The Labute approximate surface area is 182 Å². The monoisotopic (exact) mass is 438 g/mol. The van der Waals surface area contributed by atoms with E-state index in [0.29, 0.717) is 45.1 Å². The molecule has 1 N–H and O–H groups in total. The van der Waals surface area contributed by atoms with Crippen LogP contribution in [0.5, 0.6) is 0 Å². The summed E-state index contributed by atoms with van der Waals surface area (Å²) in [5, 5.41) is 5.32. The van der Waals surface area contributed by atoms with Gasteiger partial charge in [-0.15, -0.1) is 0 Å². The molecular formula is C21H16Cl2N6O. The van der Waals surface area contributed by atoms with Crippen molar-refractivity contribution < 1.29 is 4.79 Å². The average Bonchev–Trinajstić information content (AvgIpc) is 3.41. The molecule has 0 bridgehead atoms. The number of carbonyl (C=O) groups excluding carboxylic acids is 1. The van der Waals surface area contributed by atoms with Crippen LogP contribution in [0.15, 0.2) is 55.0 Å². The summed E-state index contributed by atoms with van der Waals surface area (Å²) in [4.78, 5) is 27.1. The van der Waals surface area contributed by atoms with Crippen molar-refractivity contribution in [2.75, 3.05) is 11.4 Å². The Morgan fingerprint density at radius 1 is 1.10 bits per heavy atom. The Morgan fingerprint density at radius 3 is 2.73 bits per heavy atom. The molecule has 0 radical (unpaired) electrons. The lowest BCUT2D eigenvalue weighted by Gasteiger charge is -2.32. The van der Waals surface area contributed by atoms with Gasteiger partial charge in [-0.25, -0.2) is 4.98 Å². The summed E-state index contributed by atoms with van der Waals surface area (Å²) in [6, 6.07) is 10.8. The number of aromatic nitrogens is 5. The van der Waals surface area contributed by atoms with Crippen LogP contribution in [0.2, 0.25) is 10.0 Å². The number of imidazole rings is 1. The fourth-order valence-corrected chi connectivity index (χ4v) is 3.92. The molecule has 0 saturated heterocycles. The first kappa shape index (κ1) is 18.8. The van der Waals surface area contributed by atoms with Crippen molar-refractivity contribution in [1.29, 1.82) is 0 Å². The number of pyridine rings is 1. The molecule has 1 amide bonds. The summed E-state index contributed by atoms with van der Waals surface area (Å²) >= 11 is 12.2. The van der Waals surface area contributed by atoms with Gasteiger partial charge in [-0.1, -0.05) is 29.3 Å². The van der Waals surface area contributed by atoms with Gasteiger partial charge in [-0.2, -0.15) is 5.10 Å². The van der Waals surface area contributed by atoms with Crippen LogP contribution in [0.25, 0.3) is 22.8 Å². The number of rotatable bonds is 3. The zero-order chi connectivity index (χ0) is 20.8. The van der Waals surface area contributed by atoms with Gasteiger partial charge in [0.05, 0.1) is 39.7 Å². The summed E-state index contributed by atoms with van der Waals surface area (Å²) in [7, 11) is 0. The molecular weight excluding hydrogens is 423 g/mol. The number of nitrogens with zero attached hydrogens (tertiary/aromatic N) is 5. The third-order valence-corrected chi connectivity index (χ3v) is 5.83. The van der Waals surface area contributed by atoms with Crippen LogP contribution >= 0.6 is 23.2 Å². The van der Waals surface area contributed by atoms with Crippen LogP contribution in [0, 0.1) is 0 Å². The zero-order valence-electron chi connectivity index (χ0n) is 15.9. The van der Waals surface area contributed by atoms with E-state index in [0.717, 1.165) is 5.69 Å². The fourth-order valence-electron chi connectivity index (χ4n) is 3.63. The number of benzene rings is 1. The van der Waals surface area contributed by atoms with Crippen LogP contribution in [0.1, 0.15) is 23.5 Å². The van der Waals surface area contributed by atoms with Gasteiger partial charge in [0.2, 0.25) is 0 Å². The quantitative estimate of drug-likeness (QED) is 0.494. The highest BCUT2D eigenvalue weighted by atomic mass is 35.5. The number of amides is 1. The smallest absolute Gasteiger partial charge is 0.277 e. The number of anilines is 1. The standard InChI is InChI=1S/C21H16Cl2N6O/c1-12-11-28(13-5-6-15(22)16(23)8-13)21(30)19-14(9-26-29(12)19)18-10-25-20(27-18)17-4-2-3-7-24-17/h2-10,12H,11H2,1H3,(H,25,27)/t12-/m0/s1. The van der Waals surface area contributed by atoms with E-state index in [1.807, 2.05) is 25.1 Å². The fraction of sp³-hybridized carbons (Fsp3) is 0.143. The highest BCUT2D eigenvalue weighted by Crippen LogP contribution is 2.34. The van der Waals surface area contributed by atoms with Crippen LogP contribution in [-0.4, -0.2) is 37.2 Å². The summed E-state index contributed by atoms with van der Waals surface area (Å²) < 4.78 is 1.76. The molecule has 3 aromatic heterocycles. The molecule has 0 spiro atoms. The molecule has 0 saturated carbocycles. The second-order valence-corrected chi connectivity index (χ2v) is 7.89. The Balaban J connectivity index is 1.56. The van der Waals surface area contributed by atoms with E-state index >= 15 is 0 Å². The van der Waals surface area contributed by atoms with E-state index in [1.165, 1.54) is 0 Å². The molecule has 7 nitrogen and oxygen atoms in total. The van der Waals surface area contributed by atoms with Gasteiger partial charge in [-0.3, -0.25) is 14.5 Å². The maximum Gasteiger partial charge on any atom is 0.277 e. The van der Waals surface area contributed by atoms with E-state index in [4.69, 9.17) is 23.2 Å². The molecule has 1 aliphatic heterocycles. The molecule has 0 fully saturated rings. The van der Waals surface area contributed by atoms with Crippen molar-refractivity contribution in [1.82, 2.24) is 24.7 Å². The van der Waals surface area contributed by atoms with Crippen molar-refractivity contribution >= 4 is 34.8 Å². The van der Waals surface area contributed by atoms with Gasteiger partial charge in [-0.05, 0) is 37.3 Å². The third-order valence-electron chi connectivity index (χ3n) is 5.10. The van der Waals surface area contributed by atoms with Crippen LogP contribution in [0.4, 0.5) is 5.69 Å². The Morgan fingerprint density at radius 2 is 1.97 bits per heavy atom. The van der Waals surface area contributed by atoms with Gasteiger partial charge in [0.1, 0.15) is 11.4 Å². The number of hydrogen-bond acceptors (Lipinski definition) is 4. The van der Waals surface area contributed by atoms with Gasteiger partial charge >= 0.3 is 0 Å². The average molecular weight is 439 g/mol. The normalized spacial score (nSPS) is 16.0. The highest BCUT2D eigenvalue weighted by Gasteiger charge is 2.34. The van der Waals surface area contributed by atoms with Crippen molar-refractivity contribution in [3.05, 3.63) is 70.7 Å². The molecule has 1 aromatic carbocycles. The number of halogens is 2. The largest absolute Gasteiger partial charge is 0.337 e. The minimum absolute atomic E-state index is 0.0147. The molecule has 4 heterocycles. The number of aromatic amines is 1. The molecule has 30 heavy (non-hydrogen) atoms. The van der Waals surface area contributed by atoms with Crippen LogP contribution < -0.4 is 4.90 Å². The lowest BCUT2D eigenvalue weighted by molar-refractivity contribution is 0.0954. The number of fused-ring (bicyclic) bond motifs is 1. The van der Waals surface area contributed by atoms with Gasteiger partial charge in [0, 0.05) is 18.4 Å². The first-order chi connectivity index (χ1) is 14.5. The number of hydrogen-bond donors (Lipinski definition) is 1. The minimum atomic E-state index is -0.159. The SMILES string of the molecule is C[C@H]1CN(c2ccc(Cl)c(Cl)c2)C(=O)c2c(-c3cnc(-c4ccccn4)[nH]3)cnn21. The van der Waals surface area contributed by atoms with Crippen LogP contribution in [0.3, 0.4) is 0 Å². The lowest BCUT2D eigenvalue weighted by atomic mass is 10.1. The molecule has 150 valence electrons. The van der Waals surface area contributed by atoms with Crippen molar-refractivity contribution in [3.63, 3.8) is 0 Å². The highest BCUT2D eigenvalue weighted by molar-refractivity contribution is 6.42. The summed E-state index contributed by atoms with van der Waals surface area (Å²) in [6.45, 7) is 2.50. The molecule has 5 rings (SSSR count). The first-order valence-electron chi connectivity index (χ1n) is 9.34. The van der Waals surface area contributed by atoms with Crippen LogP contribution in [-0.2, 0) is 0 Å². The summed E-state index contributed by atoms with van der Waals surface area (Å²) in [5.41, 5.74) is 3.30. The van der Waals surface area contributed by atoms with Crippen molar-refractivity contribution in [2.24, 2.45) is 0 Å². The Hall–Kier alpha value is -3.16. The minimum Gasteiger partial charge on any atom is -0.337 e. The Kier molecular flexibility index (Phi) is 4.56. The predicted octanol–water partition coefficient (Wildman–Crippen LogP) is 4.86. The van der Waals surface area contributed by atoms with Gasteiger partial charge in [0.15, 0.2) is 5.82 Å².